The molecule has 3 aromatic rings. The van der Waals surface area contributed by atoms with E-state index in [2.05, 4.69) is 4.98 Å². The fourth-order valence-electron chi connectivity index (χ4n) is 3.46. The molecule has 5 nitrogen and oxygen atoms in total. The van der Waals surface area contributed by atoms with Crippen molar-refractivity contribution in [1.29, 1.82) is 0 Å². The van der Waals surface area contributed by atoms with E-state index in [0.717, 1.165) is 16.7 Å². The van der Waals surface area contributed by atoms with Crippen molar-refractivity contribution >= 4 is 23.2 Å². The van der Waals surface area contributed by atoms with E-state index < -0.39 is 5.82 Å². The summed E-state index contributed by atoms with van der Waals surface area (Å²) in [5.74, 6) is -0.117. The van der Waals surface area contributed by atoms with Gasteiger partial charge in [-0.1, -0.05) is 37.3 Å². The third-order valence-electron chi connectivity index (χ3n) is 5.33. The summed E-state index contributed by atoms with van der Waals surface area (Å²) in [5, 5.41) is 0. The number of Topliss-reactive ketones (excluding diaryl/α,β-unsaturated/α-hetero) is 1. The van der Waals surface area contributed by atoms with E-state index in [0.29, 0.717) is 36.2 Å². The number of aromatic nitrogens is 1. The zero-order chi connectivity index (χ0) is 22.5. The molecule has 6 heteroatoms. The number of aryl methyl sites for hydroxylation is 2. The number of pyridine rings is 1. The number of rotatable bonds is 7. The van der Waals surface area contributed by atoms with Crippen LogP contribution in [0.25, 0.3) is 11.1 Å². The molecule has 0 bridgehead atoms. The minimum atomic E-state index is -0.461. The van der Waals surface area contributed by atoms with Crippen LogP contribution in [0.1, 0.15) is 41.3 Å². The summed E-state index contributed by atoms with van der Waals surface area (Å²) in [4.78, 5) is 29.9. The number of carbonyl (C=O) groups is 2. The minimum Gasteiger partial charge on any atom is -0.384 e. The van der Waals surface area contributed by atoms with E-state index in [1.54, 1.807) is 44.4 Å². The van der Waals surface area contributed by atoms with Crippen molar-refractivity contribution in [1.82, 2.24) is 4.98 Å². The number of benzene rings is 2. The van der Waals surface area contributed by atoms with Crippen LogP contribution in [-0.4, -0.2) is 23.7 Å². The smallest absolute Gasteiger partial charge is 0.226 e. The van der Waals surface area contributed by atoms with Crippen LogP contribution < -0.4 is 10.6 Å². The highest BCUT2D eigenvalue weighted by Gasteiger charge is 2.15. The molecule has 1 aromatic heterocycles. The first kappa shape index (κ1) is 22.2. The molecule has 0 unspecified atom stereocenters. The molecule has 2 N–H and O–H groups in total. The van der Waals surface area contributed by atoms with Crippen LogP contribution in [0.15, 0.2) is 54.7 Å². The first-order chi connectivity index (χ1) is 14.8. The van der Waals surface area contributed by atoms with Gasteiger partial charge in [0.25, 0.3) is 0 Å². The minimum absolute atomic E-state index is 0.0436. The maximum Gasteiger partial charge on any atom is 0.226 e. The van der Waals surface area contributed by atoms with Gasteiger partial charge in [-0.2, -0.15) is 0 Å². The maximum atomic E-state index is 14.6. The molecule has 1 amide bonds. The van der Waals surface area contributed by atoms with Gasteiger partial charge >= 0.3 is 0 Å². The fourth-order valence-corrected chi connectivity index (χ4v) is 3.46. The standard InChI is InChI=1S/C25H26FN3O2/c1-4-25(31)29(3)22-10-8-19(14-21(22)26)18-7-9-20(16(2)13-18)23(30)11-5-17-6-12-24(27)28-15-17/h6-10,12-15H,4-5,11H2,1-3H3,(H2,27,28). The summed E-state index contributed by atoms with van der Waals surface area (Å²) < 4.78 is 14.6. The lowest BCUT2D eigenvalue weighted by Gasteiger charge is -2.18. The molecule has 0 aliphatic carbocycles. The first-order valence-electron chi connectivity index (χ1n) is 10.2. The molecule has 2 aromatic carbocycles. The van der Waals surface area contributed by atoms with Gasteiger partial charge in [-0.3, -0.25) is 9.59 Å². The van der Waals surface area contributed by atoms with Crippen molar-refractivity contribution in [2.75, 3.05) is 17.7 Å². The van der Waals surface area contributed by atoms with Crippen molar-refractivity contribution in [2.45, 2.75) is 33.1 Å². The molecule has 3 rings (SSSR count). The summed E-state index contributed by atoms with van der Waals surface area (Å²) >= 11 is 0. The Morgan fingerprint density at radius 1 is 1.06 bits per heavy atom. The number of nitrogens with two attached hydrogens (primary N) is 1. The van der Waals surface area contributed by atoms with Gasteiger partial charge in [0, 0.05) is 31.6 Å². The lowest BCUT2D eigenvalue weighted by Crippen LogP contribution is -2.25. The molecule has 0 saturated carbocycles. The van der Waals surface area contributed by atoms with Crippen LogP contribution in [0, 0.1) is 12.7 Å². The van der Waals surface area contributed by atoms with Crippen LogP contribution in [-0.2, 0) is 11.2 Å². The third kappa shape index (κ3) is 5.15. The van der Waals surface area contributed by atoms with Crippen LogP contribution in [0.3, 0.4) is 0 Å². The van der Waals surface area contributed by atoms with Crippen molar-refractivity contribution in [2.24, 2.45) is 0 Å². The number of amides is 1. The molecule has 0 radical (unpaired) electrons. The second kappa shape index (κ2) is 9.51. The molecule has 1 heterocycles. The number of hydrogen-bond acceptors (Lipinski definition) is 4. The van der Waals surface area contributed by atoms with Crippen molar-refractivity contribution in [3.8, 4) is 11.1 Å². The van der Waals surface area contributed by atoms with Gasteiger partial charge in [0.05, 0.1) is 5.69 Å². The Kier molecular flexibility index (Phi) is 6.80. The van der Waals surface area contributed by atoms with Gasteiger partial charge in [0.2, 0.25) is 5.91 Å². The number of nitrogens with zero attached hydrogens (tertiary/aromatic N) is 2. The molecule has 0 saturated heterocycles. The Labute approximate surface area is 181 Å². The van der Waals surface area contributed by atoms with Gasteiger partial charge in [-0.25, -0.2) is 9.37 Å². The van der Waals surface area contributed by atoms with Crippen LogP contribution >= 0.6 is 0 Å². The van der Waals surface area contributed by atoms with Crippen LogP contribution in [0.4, 0.5) is 15.9 Å². The van der Waals surface area contributed by atoms with Gasteiger partial charge in [0.15, 0.2) is 5.78 Å². The molecule has 0 spiro atoms. The zero-order valence-electron chi connectivity index (χ0n) is 18.0. The number of hydrogen-bond donors (Lipinski definition) is 1. The first-order valence-corrected chi connectivity index (χ1v) is 10.2. The number of nitrogen functional groups attached to an aromatic ring is 1. The summed E-state index contributed by atoms with van der Waals surface area (Å²) in [7, 11) is 1.56. The lowest BCUT2D eigenvalue weighted by molar-refractivity contribution is -0.118. The van der Waals surface area contributed by atoms with E-state index >= 15 is 0 Å². The van der Waals surface area contributed by atoms with E-state index in [1.807, 2.05) is 25.1 Å². The molecule has 0 aliphatic heterocycles. The predicted molar refractivity (Wildman–Crippen MR) is 122 cm³/mol. The number of anilines is 2. The molecule has 160 valence electrons. The van der Waals surface area contributed by atoms with E-state index in [9.17, 15) is 14.0 Å². The second-order valence-electron chi connectivity index (χ2n) is 7.52. The van der Waals surface area contributed by atoms with Gasteiger partial charge < -0.3 is 10.6 Å². The summed E-state index contributed by atoms with van der Waals surface area (Å²) in [6.07, 6.45) is 2.94. The topological polar surface area (TPSA) is 76.3 Å². The molecular weight excluding hydrogens is 393 g/mol. The highest BCUT2D eigenvalue weighted by molar-refractivity contribution is 5.98. The molecule has 0 fully saturated rings. The highest BCUT2D eigenvalue weighted by atomic mass is 19.1. The monoisotopic (exact) mass is 419 g/mol. The van der Waals surface area contributed by atoms with Crippen LogP contribution in [0.2, 0.25) is 0 Å². The SMILES string of the molecule is CCC(=O)N(C)c1ccc(-c2ccc(C(=O)CCc3ccc(N)nc3)c(C)c2)cc1F. The summed E-state index contributed by atoms with van der Waals surface area (Å²) in [5.41, 5.74) is 9.78. The van der Waals surface area contributed by atoms with Crippen molar-refractivity contribution < 1.29 is 14.0 Å². The van der Waals surface area contributed by atoms with E-state index in [4.69, 9.17) is 5.73 Å². The average Bonchev–Trinajstić information content (AvgIpc) is 2.77. The largest absolute Gasteiger partial charge is 0.384 e. The Morgan fingerprint density at radius 3 is 2.39 bits per heavy atom. The number of halogens is 1. The molecule has 0 atom stereocenters. The Morgan fingerprint density at radius 2 is 1.77 bits per heavy atom. The lowest BCUT2D eigenvalue weighted by atomic mass is 9.95. The van der Waals surface area contributed by atoms with Gasteiger partial charge in [-0.05, 0) is 53.8 Å². The van der Waals surface area contributed by atoms with Crippen molar-refractivity contribution in [3.63, 3.8) is 0 Å². The molecule has 31 heavy (non-hydrogen) atoms. The normalized spacial score (nSPS) is 10.7. The zero-order valence-corrected chi connectivity index (χ0v) is 18.0. The number of carbonyl (C=O) groups excluding carboxylic acids is 2. The Bertz CT molecular complexity index is 1110. The van der Waals surface area contributed by atoms with Crippen LogP contribution in [0.5, 0.6) is 0 Å². The molecule has 0 aliphatic rings. The summed E-state index contributed by atoms with van der Waals surface area (Å²) in [6, 6.07) is 13.9. The summed E-state index contributed by atoms with van der Waals surface area (Å²) in [6.45, 7) is 3.61. The van der Waals surface area contributed by atoms with Crippen molar-refractivity contribution in [3.05, 3.63) is 77.2 Å². The van der Waals surface area contributed by atoms with E-state index in [-0.39, 0.29) is 17.4 Å². The average molecular weight is 420 g/mol. The van der Waals surface area contributed by atoms with E-state index in [1.165, 1.54) is 11.0 Å². The molecular formula is C25H26FN3O2. The number of ketones is 1. The Hall–Kier alpha value is -3.54. The Balaban J connectivity index is 1.75. The maximum absolute atomic E-state index is 14.6. The quantitative estimate of drug-likeness (QED) is 0.549. The van der Waals surface area contributed by atoms with Gasteiger partial charge in [0.1, 0.15) is 11.6 Å². The fraction of sp³-hybridized carbons (Fsp3) is 0.240. The predicted octanol–water partition coefficient (Wildman–Crippen LogP) is 4.97. The third-order valence-corrected chi connectivity index (χ3v) is 5.33. The highest BCUT2D eigenvalue weighted by Crippen LogP contribution is 2.28. The van der Waals surface area contributed by atoms with Gasteiger partial charge in [-0.15, -0.1) is 0 Å². The second-order valence-corrected chi connectivity index (χ2v) is 7.52.